The number of benzene rings is 1. The molecule has 0 atom stereocenters. The molecule has 100 valence electrons. The number of anilines is 1. The molecule has 0 saturated heterocycles. The van der Waals surface area contributed by atoms with E-state index in [0.717, 1.165) is 24.2 Å². The van der Waals surface area contributed by atoms with Crippen molar-refractivity contribution < 1.29 is 0 Å². The summed E-state index contributed by atoms with van der Waals surface area (Å²) in [6, 6.07) is 5.52. The highest BCUT2D eigenvalue weighted by molar-refractivity contribution is 7.80. The normalized spacial score (nSPS) is 10.4. The topological polar surface area (TPSA) is 55.9 Å². The van der Waals surface area contributed by atoms with Crippen LogP contribution in [0.4, 0.5) is 5.69 Å². The van der Waals surface area contributed by atoms with Gasteiger partial charge in [-0.05, 0) is 30.2 Å². The average molecular weight is 295 g/mol. The number of hydrogen-bond acceptors (Lipinski definition) is 3. The number of nitrogens with zero attached hydrogens (tertiary/aromatic N) is 2. The lowest BCUT2D eigenvalue weighted by Gasteiger charge is -2.09. The van der Waals surface area contributed by atoms with Crippen LogP contribution in [0.25, 0.3) is 0 Å². The molecular formula is C13H15ClN4S. The van der Waals surface area contributed by atoms with Gasteiger partial charge in [0.25, 0.3) is 0 Å². The molecule has 0 radical (unpaired) electrons. The largest absolute Gasteiger partial charge is 0.389 e. The summed E-state index contributed by atoms with van der Waals surface area (Å²) in [5.74, 6) is 0. The van der Waals surface area contributed by atoms with Gasteiger partial charge in [-0.1, -0.05) is 23.8 Å². The Kier molecular flexibility index (Phi) is 4.39. The third-order valence-electron chi connectivity index (χ3n) is 2.74. The molecule has 0 spiro atoms. The van der Waals surface area contributed by atoms with Crippen LogP contribution in [0.15, 0.2) is 30.6 Å². The Hall–Kier alpha value is -1.59. The molecular weight excluding hydrogens is 280 g/mol. The van der Waals surface area contributed by atoms with E-state index in [1.54, 1.807) is 10.7 Å². The van der Waals surface area contributed by atoms with Crippen molar-refractivity contribution in [3.63, 3.8) is 0 Å². The monoisotopic (exact) mass is 294 g/mol. The first kappa shape index (κ1) is 13.8. The van der Waals surface area contributed by atoms with Crippen LogP contribution in [-0.2, 0) is 13.5 Å². The molecule has 0 aliphatic heterocycles. The number of nitrogens with one attached hydrogen (secondary N) is 1. The van der Waals surface area contributed by atoms with E-state index >= 15 is 0 Å². The molecule has 4 nitrogen and oxygen atoms in total. The Labute approximate surface area is 122 Å². The fraction of sp³-hybridized carbons (Fsp3) is 0.231. The van der Waals surface area contributed by atoms with Crippen LogP contribution in [0.3, 0.4) is 0 Å². The van der Waals surface area contributed by atoms with E-state index < -0.39 is 0 Å². The van der Waals surface area contributed by atoms with E-state index in [1.165, 1.54) is 5.56 Å². The van der Waals surface area contributed by atoms with Crippen LogP contribution in [0.2, 0.25) is 5.02 Å². The summed E-state index contributed by atoms with van der Waals surface area (Å²) in [4.78, 5) is 0.351. The summed E-state index contributed by atoms with van der Waals surface area (Å²) in [7, 11) is 1.90. The van der Waals surface area contributed by atoms with Gasteiger partial charge in [0.2, 0.25) is 0 Å². The number of hydrogen-bond donors (Lipinski definition) is 2. The molecule has 0 aliphatic rings. The number of aromatic nitrogens is 2. The highest BCUT2D eigenvalue weighted by Gasteiger charge is 2.03. The molecule has 1 aromatic heterocycles. The Morgan fingerprint density at radius 3 is 2.89 bits per heavy atom. The van der Waals surface area contributed by atoms with Crippen LogP contribution in [0.1, 0.15) is 11.1 Å². The van der Waals surface area contributed by atoms with E-state index in [4.69, 9.17) is 29.6 Å². The molecule has 2 rings (SSSR count). The maximum absolute atomic E-state index is 6.17. The van der Waals surface area contributed by atoms with E-state index in [2.05, 4.69) is 10.4 Å². The number of rotatable bonds is 5. The van der Waals surface area contributed by atoms with Crippen LogP contribution < -0.4 is 11.1 Å². The second-order valence-corrected chi connectivity index (χ2v) is 5.10. The average Bonchev–Trinajstić information content (AvgIpc) is 2.77. The van der Waals surface area contributed by atoms with E-state index in [1.807, 2.05) is 31.6 Å². The van der Waals surface area contributed by atoms with Crippen molar-refractivity contribution in [3.8, 4) is 0 Å². The predicted octanol–water partition coefficient (Wildman–Crippen LogP) is 2.36. The van der Waals surface area contributed by atoms with Crippen LogP contribution in [0.5, 0.6) is 0 Å². The Morgan fingerprint density at radius 1 is 1.53 bits per heavy atom. The van der Waals surface area contributed by atoms with Gasteiger partial charge in [-0.2, -0.15) is 5.10 Å². The van der Waals surface area contributed by atoms with Gasteiger partial charge in [-0.15, -0.1) is 0 Å². The summed E-state index contributed by atoms with van der Waals surface area (Å²) in [6.45, 7) is 0.790. The van der Waals surface area contributed by atoms with Gasteiger partial charge in [0.05, 0.1) is 16.9 Å². The van der Waals surface area contributed by atoms with Gasteiger partial charge >= 0.3 is 0 Å². The van der Waals surface area contributed by atoms with Crippen molar-refractivity contribution in [3.05, 3.63) is 46.7 Å². The van der Waals surface area contributed by atoms with Gasteiger partial charge < -0.3 is 11.1 Å². The maximum Gasteiger partial charge on any atom is 0.104 e. The summed E-state index contributed by atoms with van der Waals surface area (Å²) in [5.41, 5.74) is 8.40. The fourth-order valence-corrected chi connectivity index (χ4v) is 2.13. The molecule has 0 aliphatic carbocycles. The predicted molar refractivity (Wildman–Crippen MR) is 82.7 cm³/mol. The molecule has 0 saturated carbocycles. The number of thiocarbonyl (C=S) groups is 1. The fourth-order valence-electron chi connectivity index (χ4n) is 1.75. The molecule has 6 heteroatoms. The molecule has 2 aromatic rings. The van der Waals surface area contributed by atoms with E-state index in [9.17, 15) is 0 Å². The minimum absolute atomic E-state index is 0.351. The van der Waals surface area contributed by atoms with Crippen LogP contribution >= 0.6 is 23.8 Å². The third kappa shape index (κ3) is 3.68. The highest BCUT2D eigenvalue weighted by Crippen LogP contribution is 2.23. The van der Waals surface area contributed by atoms with Crippen molar-refractivity contribution in [2.24, 2.45) is 12.8 Å². The standard InChI is InChI=1S/C13H15ClN4S/c1-18-8-9(7-17-18)4-5-16-12-3-2-10(13(15)19)6-11(12)14/h2-3,6-8,16H,4-5H2,1H3,(H2,15,19). The highest BCUT2D eigenvalue weighted by atomic mass is 35.5. The molecule has 1 heterocycles. The van der Waals surface area contributed by atoms with Crippen molar-refractivity contribution in [2.45, 2.75) is 6.42 Å². The Balaban J connectivity index is 1.94. The lowest BCUT2D eigenvalue weighted by molar-refractivity contribution is 0.767. The van der Waals surface area contributed by atoms with Crippen molar-refractivity contribution in [2.75, 3.05) is 11.9 Å². The van der Waals surface area contributed by atoms with Crippen LogP contribution in [0, 0.1) is 0 Å². The molecule has 0 bridgehead atoms. The molecule has 0 unspecified atom stereocenters. The smallest absolute Gasteiger partial charge is 0.104 e. The van der Waals surface area contributed by atoms with E-state index in [-0.39, 0.29) is 0 Å². The SMILES string of the molecule is Cn1cc(CCNc2ccc(C(N)=S)cc2Cl)cn1. The van der Waals surface area contributed by atoms with Gasteiger partial charge in [-0.3, -0.25) is 4.68 Å². The summed E-state index contributed by atoms with van der Waals surface area (Å²) >= 11 is 11.1. The first-order valence-corrected chi connectivity index (χ1v) is 6.65. The van der Waals surface area contributed by atoms with Gasteiger partial charge in [0.15, 0.2) is 0 Å². The second-order valence-electron chi connectivity index (χ2n) is 4.26. The minimum atomic E-state index is 0.351. The number of nitrogens with two attached hydrogens (primary N) is 1. The summed E-state index contributed by atoms with van der Waals surface area (Å²) < 4.78 is 1.79. The van der Waals surface area contributed by atoms with Crippen molar-refractivity contribution in [1.29, 1.82) is 0 Å². The molecule has 19 heavy (non-hydrogen) atoms. The second kappa shape index (κ2) is 6.04. The Morgan fingerprint density at radius 2 is 2.32 bits per heavy atom. The van der Waals surface area contributed by atoms with Gasteiger partial charge in [0.1, 0.15) is 4.99 Å². The van der Waals surface area contributed by atoms with E-state index in [0.29, 0.717) is 10.0 Å². The lowest BCUT2D eigenvalue weighted by atomic mass is 10.2. The van der Waals surface area contributed by atoms with Crippen molar-refractivity contribution >= 4 is 34.5 Å². The lowest BCUT2D eigenvalue weighted by Crippen LogP contribution is -2.10. The number of halogens is 1. The van der Waals surface area contributed by atoms with Crippen LogP contribution in [-0.4, -0.2) is 21.3 Å². The quantitative estimate of drug-likeness (QED) is 0.831. The van der Waals surface area contributed by atoms with Gasteiger partial charge in [-0.25, -0.2) is 0 Å². The zero-order chi connectivity index (χ0) is 13.8. The zero-order valence-corrected chi connectivity index (χ0v) is 12.1. The first-order chi connectivity index (χ1) is 9.06. The third-order valence-corrected chi connectivity index (χ3v) is 3.29. The maximum atomic E-state index is 6.17. The summed E-state index contributed by atoms with van der Waals surface area (Å²) in [6.07, 6.45) is 4.75. The first-order valence-electron chi connectivity index (χ1n) is 5.87. The molecule has 1 aromatic carbocycles. The van der Waals surface area contributed by atoms with Gasteiger partial charge in [0, 0.05) is 25.4 Å². The molecule has 3 N–H and O–H groups in total. The summed E-state index contributed by atoms with van der Waals surface area (Å²) in [5, 5.41) is 8.03. The van der Waals surface area contributed by atoms with Crippen molar-refractivity contribution in [1.82, 2.24) is 9.78 Å². The number of aryl methyl sites for hydroxylation is 1. The zero-order valence-electron chi connectivity index (χ0n) is 10.6. The Bertz CT molecular complexity index is 594. The molecule has 0 fully saturated rings. The molecule has 0 amide bonds. The minimum Gasteiger partial charge on any atom is -0.389 e.